The summed E-state index contributed by atoms with van der Waals surface area (Å²) in [5.41, 5.74) is 4.44. The highest BCUT2D eigenvalue weighted by molar-refractivity contribution is 5.98. The maximum Gasteiger partial charge on any atom is 0.267 e. The molecule has 8 heteroatoms. The number of phenols is 1. The monoisotopic (exact) mass is 517 g/mol. The van der Waals surface area contributed by atoms with Crippen molar-refractivity contribution >= 4 is 16.8 Å². The molecule has 38 heavy (non-hydrogen) atoms. The van der Waals surface area contributed by atoms with Gasteiger partial charge >= 0.3 is 0 Å². The fourth-order valence-electron chi connectivity index (χ4n) is 4.53. The number of para-hydroxylation sites is 1. The normalized spacial score (nSPS) is 12.8. The first-order valence-electron chi connectivity index (χ1n) is 12.8. The van der Waals surface area contributed by atoms with Crippen molar-refractivity contribution in [3.8, 4) is 11.5 Å². The summed E-state index contributed by atoms with van der Waals surface area (Å²) in [6, 6.07) is 20.5. The Hall–Kier alpha value is -3.85. The Morgan fingerprint density at radius 3 is 2.63 bits per heavy atom. The van der Waals surface area contributed by atoms with Crippen molar-refractivity contribution in [2.45, 2.75) is 45.1 Å². The smallest absolute Gasteiger partial charge is 0.267 e. The highest BCUT2D eigenvalue weighted by Crippen LogP contribution is 2.23. The van der Waals surface area contributed by atoms with Crippen LogP contribution in [0.3, 0.4) is 0 Å². The zero-order valence-corrected chi connectivity index (χ0v) is 21.7. The summed E-state index contributed by atoms with van der Waals surface area (Å²) in [4.78, 5) is 16.0. The number of aromatic amines is 1. The van der Waals surface area contributed by atoms with Gasteiger partial charge in [-0.1, -0.05) is 37.3 Å². The van der Waals surface area contributed by atoms with Crippen LogP contribution in [-0.4, -0.2) is 45.9 Å². The maximum absolute atomic E-state index is 12.8. The molecule has 2 unspecified atom stereocenters. The van der Waals surface area contributed by atoms with Crippen LogP contribution in [-0.2, 0) is 19.6 Å². The Kier molecular flexibility index (Phi) is 9.02. The van der Waals surface area contributed by atoms with Gasteiger partial charge < -0.3 is 35.7 Å². The van der Waals surface area contributed by atoms with Crippen LogP contribution in [0.15, 0.2) is 66.7 Å². The molecule has 1 aromatic heterocycles. The van der Waals surface area contributed by atoms with Crippen LogP contribution in [0.4, 0.5) is 0 Å². The third kappa shape index (κ3) is 6.52. The van der Waals surface area contributed by atoms with Crippen LogP contribution < -0.4 is 15.4 Å². The van der Waals surface area contributed by atoms with E-state index in [0.29, 0.717) is 29.9 Å². The molecule has 4 aromatic rings. The predicted octanol–water partition coefficient (Wildman–Crippen LogP) is 3.95. The van der Waals surface area contributed by atoms with Gasteiger partial charge in [-0.3, -0.25) is 4.79 Å². The quantitative estimate of drug-likeness (QED) is 0.169. The van der Waals surface area contributed by atoms with Crippen molar-refractivity contribution in [2.24, 2.45) is 0 Å². The third-order valence-corrected chi connectivity index (χ3v) is 6.80. The van der Waals surface area contributed by atoms with E-state index in [2.05, 4.69) is 28.6 Å². The molecule has 8 nitrogen and oxygen atoms in total. The summed E-state index contributed by atoms with van der Waals surface area (Å²) < 4.78 is 5.36. The molecule has 6 N–H and O–H groups in total. The number of amides is 1. The first kappa shape index (κ1) is 27.2. The van der Waals surface area contributed by atoms with Crippen molar-refractivity contribution < 1.29 is 24.9 Å². The lowest BCUT2D eigenvalue weighted by Crippen LogP contribution is -2.34. The fourth-order valence-corrected chi connectivity index (χ4v) is 4.53. The Morgan fingerprint density at radius 2 is 1.87 bits per heavy atom. The minimum absolute atomic E-state index is 0.0139. The van der Waals surface area contributed by atoms with Crippen LogP contribution in [0.25, 0.3) is 10.9 Å². The number of aliphatic hydroxyl groups is 2. The lowest BCUT2D eigenvalue weighted by atomic mass is 10.0. The molecule has 0 fully saturated rings. The first-order chi connectivity index (χ1) is 18.4. The number of rotatable bonds is 12. The van der Waals surface area contributed by atoms with Crippen molar-refractivity contribution in [2.75, 3.05) is 13.7 Å². The summed E-state index contributed by atoms with van der Waals surface area (Å²) in [5, 5.41) is 37.0. The summed E-state index contributed by atoms with van der Waals surface area (Å²) in [6.45, 7) is 2.51. The molecular formula is C30H35N3O5. The molecule has 4 rings (SSSR count). The Bertz CT molecular complexity index is 1380. The van der Waals surface area contributed by atoms with E-state index in [9.17, 15) is 20.1 Å². The standard InChI is InChI=1S/C30H35N3O5/c1-3-24(31-17-28(36)20-9-11-27(35)23(14-20)18-34)13-19-8-10-25-22(12-19)15-26(33-25)30(37)32-16-21-6-4-5-7-29(21)38-2/h4-12,14-15,24,28,31,33-36H,3,13,16-18H2,1-2H3,(H,32,37). The number of carbonyl (C=O) groups excluding carboxylic acids is 1. The lowest BCUT2D eigenvalue weighted by molar-refractivity contribution is 0.0946. The molecule has 0 spiro atoms. The van der Waals surface area contributed by atoms with Gasteiger partial charge in [0.1, 0.15) is 17.2 Å². The van der Waals surface area contributed by atoms with E-state index < -0.39 is 6.10 Å². The van der Waals surface area contributed by atoms with E-state index in [1.165, 1.54) is 6.07 Å². The average Bonchev–Trinajstić information content (AvgIpc) is 3.37. The molecule has 0 radical (unpaired) electrons. The van der Waals surface area contributed by atoms with Gasteiger partial charge in [0.2, 0.25) is 0 Å². The van der Waals surface area contributed by atoms with Crippen molar-refractivity contribution in [1.29, 1.82) is 0 Å². The Morgan fingerprint density at radius 1 is 1.05 bits per heavy atom. The summed E-state index contributed by atoms with van der Waals surface area (Å²) in [6.07, 6.45) is 0.863. The molecule has 0 aliphatic carbocycles. The Labute approximate surface area is 222 Å². The molecular weight excluding hydrogens is 482 g/mol. The van der Waals surface area contributed by atoms with Gasteiger partial charge in [0.25, 0.3) is 5.91 Å². The zero-order chi connectivity index (χ0) is 27.1. The second kappa shape index (κ2) is 12.6. The van der Waals surface area contributed by atoms with E-state index in [1.54, 1.807) is 19.2 Å². The van der Waals surface area contributed by atoms with Crippen LogP contribution in [0.1, 0.15) is 52.2 Å². The van der Waals surface area contributed by atoms with Gasteiger partial charge in [-0.2, -0.15) is 0 Å². The maximum atomic E-state index is 12.8. The van der Waals surface area contributed by atoms with E-state index in [1.807, 2.05) is 42.5 Å². The predicted molar refractivity (Wildman–Crippen MR) is 147 cm³/mol. The number of hydrogen-bond acceptors (Lipinski definition) is 6. The van der Waals surface area contributed by atoms with Gasteiger partial charge in [-0.15, -0.1) is 0 Å². The summed E-state index contributed by atoms with van der Waals surface area (Å²) in [5.74, 6) is 0.563. The number of ether oxygens (including phenoxy) is 1. The van der Waals surface area contributed by atoms with Gasteiger partial charge in [0, 0.05) is 41.2 Å². The minimum Gasteiger partial charge on any atom is -0.508 e. The Balaban J connectivity index is 1.36. The van der Waals surface area contributed by atoms with Crippen LogP contribution in [0.5, 0.6) is 11.5 Å². The first-order valence-corrected chi connectivity index (χ1v) is 12.8. The van der Waals surface area contributed by atoms with E-state index >= 15 is 0 Å². The minimum atomic E-state index is -0.765. The van der Waals surface area contributed by atoms with E-state index in [0.717, 1.165) is 40.6 Å². The molecule has 1 heterocycles. The lowest BCUT2D eigenvalue weighted by Gasteiger charge is -2.20. The number of aromatic nitrogens is 1. The third-order valence-electron chi connectivity index (χ3n) is 6.80. The highest BCUT2D eigenvalue weighted by Gasteiger charge is 2.15. The number of carbonyl (C=O) groups is 1. The van der Waals surface area contributed by atoms with Gasteiger partial charge in [-0.05, 0) is 60.4 Å². The number of benzene rings is 3. The molecule has 1 amide bonds. The molecule has 0 aliphatic heterocycles. The number of aromatic hydroxyl groups is 1. The fraction of sp³-hybridized carbons (Fsp3) is 0.300. The van der Waals surface area contributed by atoms with Gasteiger partial charge in [0.15, 0.2) is 0 Å². The molecule has 3 aromatic carbocycles. The van der Waals surface area contributed by atoms with Crippen LogP contribution >= 0.6 is 0 Å². The average molecular weight is 518 g/mol. The largest absolute Gasteiger partial charge is 0.508 e. The summed E-state index contributed by atoms with van der Waals surface area (Å²) in [7, 11) is 1.61. The van der Waals surface area contributed by atoms with Crippen LogP contribution in [0, 0.1) is 0 Å². The van der Waals surface area contributed by atoms with E-state index in [-0.39, 0.29) is 24.3 Å². The number of H-pyrrole nitrogens is 1. The SMILES string of the molecule is CCC(Cc1ccc2[nH]c(C(=O)NCc3ccccc3OC)cc2c1)NCC(O)c1ccc(O)c(CO)c1. The van der Waals surface area contributed by atoms with Gasteiger partial charge in [-0.25, -0.2) is 0 Å². The molecule has 0 saturated heterocycles. The van der Waals surface area contributed by atoms with E-state index in [4.69, 9.17) is 4.74 Å². The second-order valence-electron chi connectivity index (χ2n) is 9.38. The van der Waals surface area contributed by atoms with Gasteiger partial charge in [0.05, 0.1) is 19.8 Å². The number of methoxy groups -OCH3 is 1. The van der Waals surface area contributed by atoms with Crippen LogP contribution in [0.2, 0.25) is 0 Å². The highest BCUT2D eigenvalue weighted by atomic mass is 16.5. The number of fused-ring (bicyclic) bond motifs is 1. The number of aliphatic hydroxyl groups excluding tert-OH is 2. The molecule has 200 valence electrons. The second-order valence-corrected chi connectivity index (χ2v) is 9.38. The summed E-state index contributed by atoms with van der Waals surface area (Å²) >= 11 is 0. The molecule has 0 aliphatic rings. The molecule has 2 atom stereocenters. The molecule has 0 bridgehead atoms. The zero-order valence-electron chi connectivity index (χ0n) is 21.7. The topological polar surface area (TPSA) is 127 Å². The number of nitrogens with one attached hydrogen (secondary N) is 3. The van der Waals surface area contributed by atoms with Crippen molar-refractivity contribution in [1.82, 2.24) is 15.6 Å². The number of hydrogen-bond donors (Lipinski definition) is 6. The van der Waals surface area contributed by atoms with Crippen molar-refractivity contribution in [3.05, 3.63) is 94.7 Å². The molecule has 0 saturated carbocycles. The van der Waals surface area contributed by atoms with Crippen molar-refractivity contribution in [3.63, 3.8) is 0 Å².